The number of carbonyl (C=O) groups is 2. The summed E-state index contributed by atoms with van der Waals surface area (Å²) >= 11 is 0. The highest BCUT2D eigenvalue weighted by atomic mass is 16.5. The Bertz CT molecular complexity index is 776. The molecule has 0 saturated heterocycles. The predicted octanol–water partition coefficient (Wildman–Crippen LogP) is 3.91. The average Bonchev–Trinajstić information content (AvgIpc) is 2.92. The average molecular weight is 358 g/mol. The maximum absolute atomic E-state index is 12.4. The molecule has 0 aliphatic rings. The lowest BCUT2D eigenvalue weighted by molar-refractivity contribution is 0.0504. The van der Waals surface area contributed by atoms with Crippen LogP contribution in [0.1, 0.15) is 65.2 Å². The minimum Gasteiger partial charge on any atom is -0.484 e. The van der Waals surface area contributed by atoms with E-state index in [0.29, 0.717) is 23.8 Å². The molecule has 0 radical (unpaired) electrons. The molecule has 0 spiro atoms. The van der Waals surface area contributed by atoms with Crippen LogP contribution in [0.15, 0.2) is 24.3 Å². The number of rotatable bonds is 7. The van der Waals surface area contributed by atoms with Crippen molar-refractivity contribution < 1.29 is 19.1 Å². The van der Waals surface area contributed by atoms with Crippen molar-refractivity contribution in [1.29, 1.82) is 0 Å². The van der Waals surface area contributed by atoms with Gasteiger partial charge in [0.25, 0.3) is 5.91 Å². The Morgan fingerprint density at radius 2 is 1.81 bits per heavy atom. The number of carbonyl (C=O) groups excluding carboxylic acids is 2. The van der Waals surface area contributed by atoms with Gasteiger partial charge in [0.1, 0.15) is 5.75 Å². The van der Waals surface area contributed by atoms with Crippen molar-refractivity contribution in [2.75, 3.05) is 13.2 Å². The molecular formula is C20H26N2O4. The molecule has 0 saturated carbocycles. The van der Waals surface area contributed by atoms with Crippen LogP contribution in [0.2, 0.25) is 0 Å². The van der Waals surface area contributed by atoms with E-state index in [2.05, 4.69) is 18.9 Å². The molecule has 26 heavy (non-hydrogen) atoms. The summed E-state index contributed by atoms with van der Waals surface area (Å²) in [5.74, 6) is 0.218. The quantitative estimate of drug-likeness (QED) is 0.702. The molecule has 0 fully saturated rings. The molecule has 0 unspecified atom stereocenters. The number of aromatic nitrogens is 2. The topological polar surface area (TPSA) is 70.4 Å². The van der Waals surface area contributed by atoms with Crippen LogP contribution >= 0.6 is 0 Å². The highest BCUT2D eigenvalue weighted by Crippen LogP contribution is 2.22. The van der Waals surface area contributed by atoms with Crippen LogP contribution in [0.25, 0.3) is 0 Å². The fourth-order valence-corrected chi connectivity index (χ4v) is 2.90. The molecule has 0 N–H and O–H groups in total. The molecule has 6 heteroatoms. The summed E-state index contributed by atoms with van der Waals surface area (Å²) in [5, 5.41) is 4.34. The number of benzene rings is 1. The largest absolute Gasteiger partial charge is 0.484 e. The van der Waals surface area contributed by atoms with Crippen molar-refractivity contribution in [3.8, 4) is 5.75 Å². The molecule has 1 heterocycles. The first-order chi connectivity index (χ1) is 12.3. The van der Waals surface area contributed by atoms with Gasteiger partial charge in [-0.05, 0) is 56.0 Å². The van der Waals surface area contributed by atoms with Crippen LogP contribution in [-0.4, -0.2) is 34.9 Å². The Hall–Kier alpha value is -2.63. The summed E-state index contributed by atoms with van der Waals surface area (Å²) in [4.78, 5) is 24.2. The van der Waals surface area contributed by atoms with Crippen molar-refractivity contribution in [3.05, 3.63) is 46.8 Å². The van der Waals surface area contributed by atoms with Crippen molar-refractivity contribution >= 4 is 11.9 Å². The minimum atomic E-state index is -0.363. The molecule has 6 nitrogen and oxygen atoms in total. The lowest BCUT2D eigenvalue weighted by atomic mass is 10.0. The summed E-state index contributed by atoms with van der Waals surface area (Å²) in [6.45, 7) is 10.2. The number of aryl methyl sites for hydroxylation is 1. The molecule has 0 aliphatic heterocycles. The van der Waals surface area contributed by atoms with E-state index in [0.717, 1.165) is 23.4 Å². The van der Waals surface area contributed by atoms with Gasteiger partial charge in [-0.1, -0.05) is 20.8 Å². The number of hydrogen-bond donors (Lipinski definition) is 0. The van der Waals surface area contributed by atoms with E-state index in [4.69, 9.17) is 9.47 Å². The van der Waals surface area contributed by atoms with Crippen LogP contribution in [0.4, 0.5) is 0 Å². The molecule has 1 aromatic carbocycles. The van der Waals surface area contributed by atoms with Crippen LogP contribution in [0, 0.1) is 13.8 Å². The Labute approximate surface area is 154 Å². The monoisotopic (exact) mass is 358 g/mol. The highest BCUT2D eigenvalue weighted by Gasteiger charge is 2.19. The Balaban J connectivity index is 2.00. The molecular weight excluding hydrogens is 332 g/mol. The third-order valence-corrected chi connectivity index (χ3v) is 4.05. The molecule has 1 aromatic heterocycles. The Morgan fingerprint density at radius 1 is 1.15 bits per heavy atom. The third-order valence-electron chi connectivity index (χ3n) is 4.05. The zero-order chi connectivity index (χ0) is 19.3. The highest BCUT2D eigenvalue weighted by molar-refractivity contribution is 5.89. The number of esters is 1. The van der Waals surface area contributed by atoms with Crippen molar-refractivity contribution in [2.45, 2.75) is 47.0 Å². The van der Waals surface area contributed by atoms with E-state index in [1.165, 1.54) is 4.68 Å². The van der Waals surface area contributed by atoms with Crippen molar-refractivity contribution in [2.24, 2.45) is 0 Å². The molecule has 2 rings (SSSR count). The van der Waals surface area contributed by atoms with Crippen LogP contribution < -0.4 is 4.74 Å². The standard InChI is InChI=1S/C20H26N2O4/c1-6-11-25-20(24)16-7-9-17(10-8-16)26-12-18(23)22-15(5)19(13(2)3)14(4)21-22/h7-10,13H,6,11-12H2,1-5H3. The van der Waals surface area contributed by atoms with Gasteiger partial charge in [0.2, 0.25) is 0 Å². The van der Waals surface area contributed by atoms with Gasteiger partial charge in [-0.3, -0.25) is 4.79 Å². The molecule has 0 amide bonds. The lowest BCUT2D eigenvalue weighted by Gasteiger charge is -2.09. The van der Waals surface area contributed by atoms with Gasteiger partial charge >= 0.3 is 5.97 Å². The second-order valence-corrected chi connectivity index (χ2v) is 6.49. The molecule has 0 atom stereocenters. The molecule has 140 valence electrons. The van der Waals surface area contributed by atoms with Gasteiger partial charge in [0.05, 0.1) is 17.9 Å². The maximum Gasteiger partial charge on any atom is 0.338 e. The number of hydrogen-bond acceptors (Lipinski definition) is 5. The van der Waals surface area contributed by atoms with Gasteiger partial charge in [0, 0.05) is 5.69 Å². The van der Waals surface area contributed by atoms with Gasteiger partial charge in [-0.25, -0.2) is 9.48 Å². The summed E-state index contributed by atoms with van der Waals surface area (Å²) in [6.07, 6.45) is 0.778. The lowest BCUT2D eigenvalue weighted by Crippen LogP contribution is -2.21. The van der Waals surface area contributed by atoms with Gasteiger partial charge < -0.3 is 9.47 Å². The first kappa shape index (κ1) is 19.7. The van der Waals surface area contributed by atoms with Gasteiger partial charge in [0.15, 0.2) is 6.61 Å². The fraction of sp³-hybridized carbons (Fsp3) is 0.450. The third kappa shape index (κ3) is 4.50. The van der Waals surface area contributed by atoms with Gasteiger partial charge in [-0.2, -0.15) is 5.10 Å². The summed E-state index contributed by atoms with van der Waals surface area (Å²) in [7, 11) is 0. The number of ether oxygens (including phenoxy) is 2. The van der Waals surface area contributed by atoms with Gasteiger partial charge in [-0.15, -0.1) is 0 Å². The first-order valence-corrected chi connectivity index (χ1v) is 8.84. The van der Waals surface area contributed by atoms with Crippen LogP contribution in [-0.2, 0) is 4.74 Å². The summed E-state index contributed by atoms with van der Waals surface area (Å²) in [5.41, 5.74) is 3.26. The van der Waals surface area contributed by atoms with E-state index >= 15 is 0 Å². The zero-order valence-corrected chi connectivity index (χ0v) is 16.0. The second kappa shape index (κ2) is 8.65. The summed E-state index contributed by atoms with van der Waals surface area (Å²) in [6, 6.07) is 6.54. The van der Waals surface area contributed by atoms with E-state index in [-0.39, 0.29) is 18.5 Å². The van der Waals surface area contributed by atoms with Crippen molar-refractivity contribution in [1.82, 2.24) is 9.78 Å². The summed E-state index contributed by atoms with van der Waals surface area (Å²) < 4.78 is 12.0. The minimum absolute atomic E-state index is 0.126. The normalized spacial score (nSPS) is 10.8. The van der Waals surface area contributed by atoms with Crippen LogP contribution in [0.3, 0.4) is 0 Å². The fourth-order valence-electron chi connectivity index (χ4n) is 2.90. The van der Waals surface area contributed by atoms with E-state index in [1.54, 1.807) is 24.3 Å². The van der Waals surface area contributed by atoms with E-state index in [1.807, 2.05) is 20.8 Å². The zero-order valence-electron chi connectivity index (χ0n) is 16.0. The first-order valence-electron chi connectivity index (χ1n) is 8.84. The SMILES string of the molecule is CCCOC(=O)c1ccc(OCC(=O)n2nc(C)c(C(C)C)c2C)cc1. The second-order valence-electron chi connectivity index (χ2n) is 6.49. The Morgan fingerprint density at radius 3 is 2.35 bits per heavy atom. The van der Waals surface area contributed by atoms with Crippen molar-refractivity contribution in [3.63, 3.8) is 0 Å². The van der Waals surface area contributed by atoms with Crippen LogP contribution in [0.5, 0.6) is 5.75 Å². The van der Waals surface area contributed by atoms with E-state index < -0.39 is 0 Å². The maximum atomic E-state index is 12.4. The van der Waals surface area contributed by atoms with E-state index in [9.17, 15) is 9.59 Å². The molecule has 0 bridgehead atoms. The molecule has 2 aromatic rings. The molecule has 0 aliphatic carbocycles. The number of nitrogens with zero attached hydrogens (tertiary/aromatic N) is 2. The predicted molar refractivity (Wildman–Crippen MR) is 98.9 cm³/mol. The Kier molecular flexibility index (Phi) is 6.55. The smallest absolute Gasteiger partial charge is 0.338 e.